The van der Waals surface area contributed by atoms with E-state index in [4.69, 9.17) is 14.2 Å². The molecule has 2 saturated carbocycles. The van der Waals surface area contributed by atoms with E-state index in [1.54, 1.807) is 0 Å². The van der Waals surface area contributed by atoms with Gasteiger partial charge in [-0.3, -0.25) is 4.79 Å². The van der Waals surface area contributed by atoms with E-state index < -0.39 is 46.9 Å². The van der Waals surface area contributed by atoms with Gasteiger partial charge in [0.2, 0.25) is 0 Å². The second-order valence-corrected chi connectivity index (χ2v) is 10.9. The number of hydrogen-bond donors (Lipinski definition) is 0. The molecule has 214 valence electrons. The highest BCUT2D eigenvalue weighted by Crippen LogP contribution is 2.49. The summed E-state index contributed by atoms with van der Waals surface area (Å²) in [5.41, 5.74) is -4.00. The average molecular weight is 551 g/mol. The van der Waals surface area contributed by atoms with E-state index in [1.165, 1.54) is 32.6 Å². The molecular formula is C28H36F6O4. The number of carbonyl (C=O) groups is 1. The minimum Gasteiger partial charge on any atom is -0.493 e. The Morgan fingerprint density at radius 1 is 0.842 bits per heavy atom. The number of hydrogen-bond acceptors (Lipinski definition) is 4. The van der Waals surface area contributed by atoms with Gasteiger partial charge in [-0.15, -0.1) is 0 Å². The van der Waals surface area contributed by atoms with Crippen molar-refractivity contribution in [1.82, 2.24) is 0 Å². The summed E-state index contributed by atoms with van der Waals surface area (Å²) in [5.74, 6) is -1.80. The molecular weight excluding hydrogens is 514 g/mol. The van der Waals surface area contributed by atoms with Gasteiger partial charge >= 0.3 is 18.3 Å². The minimum atomic E-state index is -5.39. The van der Waals surface area contributed by atoms with E-state index in [9.17, 15) is 31.1 Å². The van der Waals surface area contributed by atoms with Crippen LogP contribution < -0.4 is 9.47 Å². The van der Waals surface area contributed by atoms with E-state index in [2.05, 4.69) is 0 Å². The highest BCUT2D eigenvalue weighted by atomic mass is 19.4. The van der Waals surface area contributed by atoms with Gasteiger partial charge in [0.25, 0.3) is 0 Å². The monoisotopic (exact) mass is 550 g/mol. The fraction of sp³-hybridized carbons (Fsp3) is 0.750. The maximum absolute atomic E-state index is 13.8. The average Bonchev–Trinajstić information content (AvgIpc) is 3.68. The molecule has 0 bridgehead atoms. The third kappa shape index (κ3) is 7.36. The van der Waals surface area contributed by atoms with Gasteiger partial charge in [0.05, 0.1) is 25.2 Å². The Morgan fingerprint density at radius 2 is 1.37 bits per heavy atom. The lowest BCUT2D eigenvalue weighted by atomic mass is 9.68. The number of halogens is 6. The summed E-state index contributed by atoms with van der Waals surface area (Å²) in [6.07, 6.45) is 0.560. The predicted molar refractivity (Wildman–Crippen MR) is 128 cm³/mol. The first kappa shape index (κ1) is 29.0. The van der Waals surface area contributed by atoms with Gasteiger partial charge in [-0.2, -0.15) is 26.3 Å². The summed E-state index contributed by atoms with van der Waals surface area (Å²) in [5, 5.41) is 0. The number of benzene rings is 1. The summed E-state index contributed by atoms with van der Waals surface area (Å²) < 4.78 is 97.4. The largest absolute Gasteiger partial charge is 0.493 e. The zero-order valence-electron chi connectivity index (χ0n) is 21.6. The predicted octanol–water partition coefficient (Wildman–Crippen LogP) is 8.21. The van der Waals surface area contributed by atoms with Crippen LogP contribution in [0.25, 0.3) is 0 Å². The lowest BCUT2D eigenvalue weighted by molar-refractivity contribution is -0.165. The lowest BCUT2D eigenvalue weighted by Crippen LogP contribution is -2.30. The molecule has 38 heavy (non-hydrogen) atoms. The van der Waals surface area contributed by atoms with Crippen LogP contribution in [0.4, 0.5) is 26.3 Å². The molecule has 1 saturated heterocycles. The summed E-state index contributed by atoms with van der Waals surface area (Å²) >= 11 is 0. The van der Waals surface area contributed by atoms with Crippen molar-refractivity contribution in [3.8, 4) is 11.5 Å². The van der Waals surface area contributed by atoms with Crippen LogP contribution in [-0.4, -0.2) is 25.3 Å². The maximum atomic E-state index is 13.8. The molecule has 1 aromatic rings. The zero-order valence-corrected chi connectivity index (χ0v) is 21.6. The summed E-state index contributed by atoms with van der Waals surface area (Å²) in [4.78, 5) is 12.8. The van der Waals surface area contributed by atoms with Gasteiger partial charge in [-0.25, -0.2) is 0 Å². The van der Waals surface area contributed by atoms with Gasteiger partial charge in [0, 0.05) is 0 Å². The molecule has 4 nitrogen and oxygen atoms in total. The van der Waals surface area contributed by atoms with E-state index >= 15 is 0 Å². The van der Waals surface area contributed by atoms with Crippen LogP contribution in [0.15, 0.2) is 12.1 Å². The van der Waals surface area contributed by atoms with Crippen molar-refractivity contribution in [2.24, 2.45) is 23.7 Å². The third-order valence-electron chi connectivity index (χ3n) is 8.41. The normalized spacial score (nSPS) is 28.1. The Balaban J connectivity index is 1.33. The van der Waals surface area contributed by atoms with Crippen LogP contribution in [0.5, 0.6) is 11.5 Å². The molecule has 1 unspecified atom stereocenters. The number of rotatable bonds is 9. The molecule has 0 radical (unpaired) electrons. The highest BCUT2D eigenvalue weighted by Gasteiger charge is 2.49. The van der Waals surface area contributed by atoms with Crippen LogP contribution in [-0.2, 0) is 21.9 Å². The van der Waals surface area contributed by atoms with Crippen molar-refractivity contribution >= 4 is 5.97 Å². The van der Waals surface area contributed by atoms with E-state index in [-0.39, 0.29) is 6.61 Å². The summed E-state index contributed by atoms with van der Waals surface area (Å²) in [7, 11) is 0. The Labute approximate surface area is 219 Å². The van der Waals surface area contributed by atoms with Crippen molar-refractivity contribution in [3.63, 3.8) is 0 Å². The van der Waals surface area contributed by atoms with Crippen molar-refractivity contribution in [3.05, 3.63) is 23.3 Å². The lowest BCUT2D eigenvalue weighted by Gasteiger charge is -2.37. The molecule has 0 spiro atoms. The standard InChI is InChI=1S/C28H36F6O4/c1-2-36-22-14-15-23(25(28(32,33)34)24(22)27(29,30)31)38-26(35)20-12-10-19(11-13-20)18-8-6-17(7-9-18)4-3-5-21-16-37-21/h14-15,17-21H,2-13,16H2,1H3. The fourth-order valence-electron chi connectivity index (χ4n) is 6.32. The van der Waals surface area contributed by atoms with Crippen molar-refractivity contribution < 1.29 is 45.3 Å². The van der Waals surface area contributed by atoms with Gasteiger partial charge < -0.3 is 14.2 Å². The van der Waals surface area contributed by atoms with Crippen LogP contribution in [0.3, 0.4) is 0 Å². The van der Waals surface area contributed by atoms with Crippen LogP contribution in [0.1, 0.15) is 88.7 Å². The first-order valence-electron chi connectivity index (χ1n) is 13.7. The Morgan fingerprint density at radius 3 is 1.89 bits per heavy atom. The minimum absolute atomic E-state index is 0.250. The number of carbonyl (C=O) groups excluding carboxylic acids is 1. The molecule has 4 rings (SSSR count). The van der Waals surface area contributed by atoms with Crippen LogP contribution in [0, 0.1) is 23.7 Å². The molecule has 1 atom stereocenters. The van der Waals surface area contributed by atoms with Crippen LogP contribution in [0.2, 0.25) is 0 Å². The van der Waals surface area contributed by atoms with Gasteiger partial charge in [-0.1, -0.05) is 25.7 Å². The second kappa shape index (κ2) is 12.0. The maximum Gasteiger partial charge on any atom is 0.420 e. The Hall–Kier alpha value is -1.97. The number of epoxide rings is 1. The molecule has 2 aliphatic carbocycles. The first-order valence-corrected chi connectivity index (χ1v) is 13.7. The molecule has 0 aromatic heterocycles. The SMILES string of the molecule is CCOc1ccc(OC(=O)C2CCC(C3CCC(CCCC4CO4)CC3)CC2)c(C(F)(F)F)c1C(F)(F)F. The van der Waals surface area contributed by atoms with Gasteiger partial charge in [0.15, 0.2) is 0 Å². The quantitative estimate of drug-likeness (QED) is 0.135. The van der Waals surface area contributed by atoms with Gasteiger partial charge in [0.1, 0.15) is 22.6 Å². The van der Waals surface area contributed by atoms with Crippen molar-refractivity contribution in [2.75, 3.05) is 13.2 Å². The van der Waals surface area contributed by atoms with E-state index in [0.717, 1.165) is 56.8 Å². The number of esters is 1. The van der Waals surface area contributed by atoms with Gasteiger partial charge in [-0.05, 0) is 81.8 Å². The summed E-state index contributed by atoms with van der Waals surface area (Å²) in [6.45, 7) is 2.02. The third-order valence-corrected chi connectivity index (χ3v) is 8.41. The molecule has 0 N–H and O–H groups in total. The Bertz CT molecular complexity index is 940. The molecule has 0 amide bonds. The molecule has 10 heteroatoms. The second-order valence-electron chi connectivity index (χ2n) is 10.9. The molecule has 1 aromatic carbocycles. The first-order chi connectivity index (χ1) is 18.0. The van der Waals surface area contributed by atoms with E-state index in [1.807, 2.05) is 0 Å². The smallest absolute Gasteiger partial charge is 0.420 e. The topological polar surface area (TPSA) is 48.1 Å². The Kier molecular flexibility index (Phi) is 9.20. The molecule has 3 fully saturated rings. The molecule has 1 aliphatic heterocycles. The number of alkyl halides is 6. The highest BCUT2D eigenvalue weighted by molar-refractivity contribution is 5.76. The molecule has 1 heterocycles. The zero-order chi connectivity index (χ0) is 27.5. The number of ether oxygens (including phenoxy) is 3. The van der Waals surface area contributed by atoms with Crippen molar-refractivity contribution in [1.29, 1.82) is 0 Å². The fourth-order valence-corrected chi connectivity index (χ4v) is 6.32. The van der Waals surface area contributed by atoms with Crippen LogP contribution >= 0.6 is 0 Å². The molecule has 3 aliphatic rings. The van der Waals surface area contributed by atoms with E-state index in [0.29, 0.717) is 30.8 Å². The summed E-state index contributed by atoms with van der Waals surface area (Å²) in [6, 6.07) is 1.51. The van der Waals surface area contributed by atoms with Crippen molar-refractivity contribution in [2.45, 2.75) is 96.0 Å².